The first kappa shape index (κ1) is 13.4. The molecule has 7 heteroatoms. The molecule has 4 rings (SSSR count). The minimum absolute atomic E-state index is 0.0879. The lowest BCUT2D eigenvalue weighted by molar-refractivity contribution is 0.164. The Balaban J connectivity index is 1.52. The Labute approximate surface area is 126 Å². The molecule has 0 spiro atoms. The van der Waals surface area contributed by atoms with Gasteiger partial charge in [-0.1, -0.05) is 11.3 Å². The minimum atomic E-state index is -0.0879. The molecule has 2 bridgehead atoms. The summed E-state index contributed by atoms with van der Waals surface area (Å²) >= 11 is 1.40. The maximum atomic E-state index is 12.0. The highest BCUT2D eigenvalue weighted by molar-refractivity contribution is 7.14. The summed E-state index contributed by atoms with van der Waals surface area (Å²) in [6.45, 7) is 0.730. The zero-order chi connectivity index (χ0) is 14.4. The molecule has 2 saturated heterocycles. The van der Waals surface area contributed by atoms with Crippen LogP contribution in [0.5, 0.6) is 0 Å². The molecule has 2 fully saturated rings. The fourth-order valence-electron chi connectivity index (χ4n) is 3.65. The number of nitrogens with one attached hydrogen (secondary N) is 1. The van der Waals surface area contributed by atoms with Crippen molar-refractivity contribution in [1.29, 1.82) is 0 Å². The topological polar surface area (TPSA) is 62.5 Å². The van der Waals surface area contributed by atoms with E-state index in [2.05, 4.69) is 27.3 Å². The molecule has 2 unspecified atom stereocenters. The van der Waals surface area contributed by atoms with Crippen LogP contribution in [0.1, 0.15) is 31.4 Å². The van der Waals surface area contributed by atoms with E-state index < -0.39 is 0 Å². The standard InChI is InChI=1S/C14H19N5OS/c1-18(12-4-9-2-3-10(5-12)16-9)7-11-6-13(20)19-14(17-11)21-8-15-19/h6,8-10,12,16H,2-5,7H2,1H3. The Hall–Kier alpha value is -1.31. The summed E-state index contributed by atoms with van der Waals surface area (Å²) in [6.07, 6.45) is 5.02. The van der Waals surface area contributed by atoms with Crippen molar-refractivity contribution in [1.82, 2.24) is 24.8 Å². The Morgan fingerprint density at radius 2 is 2.19 bits per heavy atom. The first-order valence-electron chi connectivity index (χ1n) is 7.48. The van der Waals surface area contributed by atoms with Crippen LogP contribution in [-0.2, 0) is 6.54 Å². The molecule has 21 heavy (non-hydrogen) atoms. The van der Waals surface area contributed by atoms with Gasteiger partial charge in [0.15, 0.2) is 0 Å². The monoisotopic (exact) mass is 305 g/mol. The Morgan fingerprint density at radius 1 is 1.43 bits per heavy atom. The van der Waals surface area contributed by atoms with Gasteiger partial charge in [0.05, 0.1) is 5.69 Å². The van der Waals surface area contributed by atoms with Crippen molar-refractivity contribution < 1.29 is 0 Å². The second kappa shape index (κ2) is 5.15. The molecule has 2 aliphatic heterocycles. The summed E-state index contributed by atoms with van der Waals surface area (Å²) in [6, 6.07) is 3.56. The summed E-state index contributed by atoms with van der Waals surface area (Å²) in [5.74, 6) is 0. The van der Waals surface area contributed by atoms with Crippen LogP contribution in [0.3, 0.4) is 0 Å². The molecule has 6 nitrogen and oxygen atoms in total. The highest BCUT2D eigenvalue weighted by Crippen LogP contribution is 2.29. The van der Waals surface area contributed by atoms with E-state index in [4.69, 9.17) is 0 Å². The quantitative estimate of drug-likeness (QED) is 0.911. The Morgan fingerprint density at radius 3 is 2.95 bits per heavy atom. The van der Waals surface area contributed by atoms with Crippen LogP contribution < -0.4 is 10.9 Å². The summed E-state index contributed by atoms with van der Waals surface area (Å²) in [7, 11) is 2.14. The van der Waals surface area contributed by atoms with E-state index >= 15 is 0 Å². The molecule has 2 aromatic heterocycles. The van der Waals surface area contributed by atoms with E-state index in [1.165, 1.54) is 41.5 Å². The van der Waals surface area contributed by atoms with Gasteiger partial charge in [-0.05, 0) is 32.7 Å². The second-order valence-electron chi connectivity index (χ2n) is 6.20. The molecule has 0 aromatic carbocycles. The molecule has 4 heterocycles. The lowest BCUT2D eigenvalue weighted by Gasteiger charge is -2.35. The number of fused-ring (bicyclic) bond motifs is 3. The second-order valence-corrected chi connectivity index (χ2v) is 7.01. The summed E-state index contributed by atoms with van der Waals surface area (Å²) in [5.41, 5.74) is 2.41. The molecule has 0 radical (unpaired) electrons. The molecular weight excluding hydrogens is 286 g/mol. The van der Waals surface area contributed by atoms with E-state index in [1.807, 2.05) is 0 Å². The first-order chi connectivity index (χ1) is 10.2. The third kappa shape index (κ3) is 2.49. The van der Waals surface area contributed by atoms with Gasteiger partial charge in [0.2, 0.25) is 4.96 Å². The molecule has 1 N–H and O–H groups in total. The fourth-order valence-corrected chi connectivity index (χ4v) is 4.30. The fraction of sp³-hybridized carbons (Fsp3) is 0.643. The third-order valence-corrected chi connectivity index (χ3v) is 5.40. The summed E-state index contributed by atoms with van der Waals surface area (Å²) in [5, 5.41) is 7.66. The number of nitrogens with zero attached hydrogens (tertiary/aromatic N) is 4. The van der Waals surface area contributed by atoms with Crippen LogP contribution in [0.25, 0.3) is 4.96 Å². The molecule has 2 atom stereocenters. The van der Waals surface area contributed by atoms with Crippen molar-refractivity contribution in [2.75, 3.05) is 7.05 Å². The van der Waals surface area contributed by atoms with Crippen LogP contribution in [0.15, 0.2) is 16.4 Å². The van der Waals surface area contributed by atoms with Crippen LogP contribution in [0.4, 0.5) is 0 Å². The maximum Gasteiger partial charge on any atom is 0.275 e. The van der Waals surface area contributed by atoms with Crippen molar-refractivity contribution in [3.63, 3.8) is 0 Å². The van der Waals surface area contributed by atoms with Gasteiger partial charge in [-0.25, -0.2) is 4.98 Å². The van der Waals surface area contributed by atoms with Crippen molar-refractivity contribution in [2.45, 2.75) is 50.4 Å². The molecule has 2 aromatic rings. The normalized spacial score (nSPS) is 28.6. The van der Waals surface area contributed by atoms with Crippen LogP contribution in [0, 0.1) is 0 Å². The maximum absolute atomic E-state index is 12.0. The van der Waals surface area contributed by atoms with E-state index in [1.54, 1.807) is 11.6 Å². The van der Waals surface area contributed by atoms with Gasteiger partial charge in [-0.3, -0.25) is 9.69 Å². The van der Waals surface area contributed by atoms with E-state index in [0.29, 0.717) is 23.1 Å². The lowest BCUT2D eigenvalue weighted by atomic mass is 9.98. The average Bonchev–Trinajstić information content (AvgIpc) is 3.05. The smallest absolute Gasteiger partial charge is 0.275 e. The predicted octanol–water partition coefficient (Wildman–Crippen LogP) is 0.866. The van der Waals surface area contributed by atoms with Gasteiger partial charge >= 0.3 is 0 Å². The Bertz CT molecular complexity index is 699. The summed E-state index contributed by atoms with van der Waals surface area (Å²) < 4.78 is 1.36. The Kier molecular flexibility index (Phi) is 3.28. The van der Waals surface area contributed by atoms with Crippen molar-refractivity contribution in [2.24, 2.45) is 0 Å². The summed E-state index contributed by atoms with van der Waals surface area (Å²) in [4.78, 5) is 19.5. The van der Waals surface area contributed by atoms with Crippen molar-refractivity contribution >= 4 is 16.3 Å². The molecular formula is C14H19N5OS. The number of hydrogen-bond acceptors (Lipinski definition) is 6. The highest BCUT2D eigenvalue weighted by Gasteiger charge is 2.35. The van der Waals surface area contributed by atoms with Gasteiger partial charge in [-0.15, -0.1) is 0 Å². The molecule has 0 aliphatic carbocycles. The number of aromatic nitrogens is 3. The average molecular weight is 305 g/mol. The molecule has 0 amide bonds. The van der Waals surface area contributed by atoms with Gasteiger partial charge in [0, 0.05) is 30.7 Å². The van der Waals surface area contributed by atoms with Crippen molar-refractivity contribution in [3.8, 4) is 0 Å². The first-order valence-corrected chi connectivity index (χ1v) is 8.36. The SMILES string of the molecule is CN(Cc1cc(=O)n2ncsc2n1)C1CC2CCC(C1)N2. The molecule has 0 saturated carbocycles. The lowest BCUT2D eigenvalue weighted by Crippen LogP contribution is -2.46. The third-order valence-electron chi connectivity index (χ3n) is 4.72. The zero-order valence-electron chi connectivity index (χ0n) is 12.0. The van der Waals surface area contributed by atoms with Crippen LogP contribution >= 0.6 is 11.3 Å². The molecule has 2 aliphatic rings. The zero-order valence-corrected chi connectivity index (χ0v) is 12.8. The largest absolute Gasteiger partial charge is 0.311 e. The van der Waals surface area contributed by atoms with Gasteiger partial charge < -0.3 is 5.32 Å². The van der Waals surface area contributed by atoms with Crippen LogP contribution in [0.2, 0.25) is 0 Å². The number of hydrogen-bond donors (Lipinski definition) is 1. The van der Waals surface area contributed by atoms with Crippen molar-refractivity contribution in [3.05, 3.63) is 27.6 Å². The van der Waals surface area contributed by atoms with Gasteiger partial charge in [-0.2, -0.15) is 9.61 Å². The van der Waals surface area contributed by atoms with E-state index in [9.17, 15) is 4.79 Å². The number of rotatable bonds is 3. The highest BCUT2D eigenvalue weighted by atomic mass is 32.1. The molecule has 112 valence electrons. The minimum Gasteiger partial charge on any atom is -0.311 e. The van der Waals surface area contributed by atoms with Gasteiger partial charge in [0.1, 0.15) is 5.51 Å². The number of piperidine rings is 1. The van der Waals surface area contributed by atoms with E-state index in [0.717, 1.165) is 12.2 Å². The van der Waals surface area contributed by atoms with E-state index in [-0.39, 0.29) is 5.56 Å². The predicted molar refractivity (Wildman–Crippen MR) is 81.6 cm³/mol. The van der Waals surface area contributed by atoms with Gasteiger partial charge in [0.25, 0.3) is 5.56 Å². The van der Waals surface area contributed by atoms with Crippen LogP contribution in [-0.4, -0.2) is 44.7 Å².